The number of carbonyl (C=O) groups is 2. The first-order valence-electron chi connectivity index (χ1n) is 7.86. The van der Waals surface area contributed by atoms with Crippen LogP contribution >= 0.6 is 0 Å². The molecule has 0 fully saturated rings. The summed E-state index contributed by atoms with van der Waals surface area (Å²) in [6, 6.07) is 17.1. The normalized spacial score (nSPS) is 12.0. The van der Waals surface area contributed by atoms with E-state index in [1.165, 1.54) is 0 Å². The van der Waals surface area contributed by atoms with Crippen LogP contribution < -0.4 is 5.32 Å². The first-order valence-corrected chi connectivity index (χ1v) is 7.86. The molecular formula is C19H22N2O3. The minimum Gasteiger partial charge on any atom is -0.481 e. The maximum Gasteiger partial charge on any atom is 0.304 e. The van der Waals surface area contributed by atoms with Crippen LogP contribution in [0.1, 0.15) is 13.3 Å². The van der Waals surface area contributed by atoms with Crippen LogP contribution in [0, 0.1) is 0 Å². The van der Waals surface area contributed by atoms with Crippen molar-refractivity contribution in [3.05, 3.63) is 54.6 Å². The van der Waals surface area contributed by atoms with E-state index in [9.17, 15) is 9.59 Å². The molecule has 2 aromatic carbocycles. The highest BCUT2D eigenvalue weighted by Crippen LogP contribution is 2.27. The molecule has 1 amide bonds. The quantitative estimate of drug-likeness (QED) is 0.820. The lowest BCUT2D eigenvalue weighted by molar-refractivity contribution is -0.137. The van der Waals surface area contributed by atoms with Crippen molar-refractivity contribution in [2.24, 2.45) is 0 Å². The van der Waals surface area contributed by atoms with Gasteiger partial charge in [0.15, 0.2) is 0 Å². The largest absolute Gasteiger partial charge is 0.481 e. The molecule has 5 nitrogen and oxygen atoms in total. The van der Waals surface area contributed by atoms with E-state index >= 15 is 0 Å². The second kappa shape index (κ2) is 8.26. The van der Waals surface area contributed by atoms with Crippen molar-refractivity contribution >= 4 is 17.6 Å². The molecule has 0 bridgehead atoms. The summed E-state index contributed by atoms with van der Waals surface area (Å²) >= 11 is 0. The van der Waals surface area contributed by atoms with Gasteiger partial charge in [-0.2, -0.15) is 0 Å². The first-order chi connectivity index (χ1) is 11.5. The minimum absolute atomic E-state index is 0.00865. The molecule has 2 rings (SSSR count). The third kappa shape index (κ3) is 4.67. The zero-order chi connectivity index (χ0) is 17.5. The highest BCUT2D eigenvalue weighted by molar-refractivity contribution is 5.98. The number of carboxylic acid groups (broad SMARTS) is 1. The number of nitrogens with one attached hydrogen (secondary N) is 1. The predicted octanol–water partition coefficient (Wildman–Crippen LogP) is 3.09. The van der Waals surface area contributed by atoms with Gasteiger partial charge < -0.3 is 10.4 Å². The number of hydrogen-bond acceptors (Lipinski definition) is 3. The molecule has 0 saturated carbocycles. The number of amides is 1. The van der Waals surface area contributed by atoms with Crippen molar-refractivity contribution in [1.82, 2.24) is 4.90 Å². The van der Waals surface area contributed by atoms with Gasteiger partial charge in [0, 0.05) is 17.8 Å². The lowest BCUT2D eigenvalue weighted by Crippen LogP contribution is -2.40. The summed E-state index contributed by atoms with van der Waals surface area (Å²) in [5.41, 5.74) is 2.72. The Morgan fingerprint density at radius 2 is 1.71 bits per heavy atom. The van der Waals surface area contributed by atoms with E-state index in [-0.39, 0.29) is 12.3 Å². The molecule has 0 aliphatic carbocycles. The molecule has 0 heterocycles. The number of aliphatic carboxylic acids is 1. The Balaban J connectivity index is 2.11. The van der Waals surface area contributed by atoms with E-state index in [1.807, 2.05) is 54.6 Å². The number of carbonyl (C=O) groups excluding carboxylic acids is 1. The standard InChI is InChI=1S/C19H22N2O3/c1-14(21(2)13-12-18(22)23)19(24)20-17-11-7-6-10-16(17)15-8-4-3-5-9-15/h3-11,14H,12-13H2,1-2H3,(H,20,24)(H,22,23). The monoisotopic (exact) mass is 326 g/mol. The van der Waals surface area contributed by atoms with Gasteiger partial charge in [-0.25, -0.2) is 0 Å². The van der Waals surface area contributed by atoms with E-state index in [0.717, 1.165) is 16.8 Å². The molecule has 0 aliphatic rings. The Morgan fingerprint density at radius 3 is 2.38 bits per heavy atom. The second-order valence-electron chi connectivity index (χ2n) is 5.70. The van der Waals surface area contributed by atoms with E-state index in [2.05, 4.69) is 5.32 Å². The Kier molecular flexibility index (Phi) is 6.09. The molecule has 0 spiro atoms. The molecule has 1 unspecified atom stereocenters. The molecule has 2 aromatic rings. The molecule has 0 aromatic heterocycles. The zero-order valence-corrected chi connectivity index (χ0v) is 13.9. The van der Waals surface area contributed by atoms with Crippen LogP contribution in [0.25, 0.3) is 11.1 Å². The van der Waals surface area contributed by atoms with Crippen molar-refractivity contribution in [2.45, 2.75) is 19.4 Å². The summed E-state index contributed by atoms with van der Waals surface area (Å²) in [6.07, 6.45) is 0.00865. The number of carboxylic acids is 1. The predicted molar refractivity (Wildman–Crippen MR) is 94.9 cm³/mol. The van der Waals surface area contributed by atoms with Crippen molar-refractivity contribution in [3.8, 4) is 11.1 Å². The smallest absolute Gasteiger partial charge is 0.304 e. The molecule has 24 heavy (non-hydrogen) atoms. The number of benzene rings is 2. The number of rotatable bonds is 7. The summed E-state index contributed by atoms with van der Waals surface area (Å²) in [5.74, 6) is -1.03. The van der Waals surface area contributed by atoms with Gasteiger partial charge in [0.2, 0.25) is 5.91 Å². The van der Waals surface area contributed by atoms with E-state index in [0.29, 0.717) is 6.54 Å². The molecule has 1 atom stereocenters. The number of anilines is 1. The van der Waals surface area contributed by atoms with Gasteiger partial charge in [0.1, 0.15) is 0 Å². The van der Waals surface area contributed by atoms with Gasteiger partial charge in [-0.3, -0.25) is 14.5 Å². The van der Waals surface area contributed by atoms with Crippen LogP contribution in [-0.2, 0) is 9.59 Å². The van der Waals surface area contributed by atoms with Crippen molar-refractivity contribution in [1.29, 1.82) is 0 Å². The fourth-order valence-electron chi connectivity index (χ4n) is 2.36. The first kappa shape index (κ1) is 17.7. The average molecular weight is 326 g/mol. The van der Waals surface area contributed by atoms with Gasteiger partial charge >= 0.3 is 5.97 Å². The lowest BCUT2D eigenvalue weighted by atomic mass is 10.0. The topological polar surface area (TPSA) is 69.6 Å². The third-order valence-corrected chi connectivity index (χ3v) is 3.99. The van der Waals surface area contributed by atoms with E-state index < -0.39 is 12.0 Å². The van der Waals surface area contributed by atoms with Crippen molar-refractivity contribution < 1.29 is 14.7 Å². The number of hydrogen-bond donors (Lipinski definition) is 2. The Hall–Kier alpha value is -2.66. The fraction of sp³-hybridized carbons (Fsp3) is 0.263. The van der Waals surface area contributed by atoms with Gasteiger partial charge in [-0.05, 0) is 25.6 Å². The second-order valence-corrected chi connectivity index (χ2v) is 5.70. The summed E-state index contributed by atoms with van der Waals surface area (Å²) in [5, 5.41) is 11.7. The van der Waals surface area contributed by atoms with E-state index in [4.69, 9.17) is 5.11 Å². The van der Waals surface area contributed by atoms with E-state index in [1.54, 1.807) is 18.9 Å². The van der Waals surface area contributed by atoms with Gasteiger partial charge in [-0.1, -0.05) is 48.5 Å². The molecular weight excluding hydrogens is 304 g/mol. The maximum atomic E-state index is 12.5. The maximum absolute atomic E-state index is 12.5. The Bertz CT molecular complexity index is 701. The van der Waals surface area contributed by atoms with Crippen molar-refractivity contribution in [3.63, 3.8) is 0 Å². The SMILES string of the molecule is CC(C(=O)Nc1ccccc1-c1ccccc1)N(C)CCC(=O)O. The lowest BCUT2D eigenvalue weighted by Gasteiger charge is -2.23. The van der Waals surface area contributed by atoms with Crippen LogP contribution in [0.15, 0.2) is 54.6 Å². The zero-order valence-electron chi connectivity index (χ0n) is 13.9. The average Bonchev–Trinajstić information content (AvgIpc) is 2.60. The minimum atomic E-state index is -0.871. The van der Waals surface area contributed by atoms with Gasteiger partial charge in [-0.15, -0.1) is 0 Å². The summed E-state index contributed by atoms with van der Waals surface area (Å²) in [6.45, 7) is 2.09. The molecule has 5 heteroatoms. The van der Waals surface area contributed by atoms with Crippen LogP contribution in [0.5, 0.6) is 0 Å². The van der Waals surface area contributed by atoms with Crippen molar-refractivity contribution in [2.75, 3.05) is 18.9 Å². The summed E-state index contributed by atoms with van der Waals surface area (Å²) in [4.78, 5) is 24.9. The molecule has 2 N–H and O–H groups in total. The molecule has 126 valence electrons. The fourth-order valence-corrected chi connectivity index (χ4v) is 2.36. The number of para-hydroxylation sites is 1. The van der Waals surface area contributed by atoms with Gasteiger partial charge in [0.25, 0.3) is 0 Å². The number of nitrogens with zero attached hydrogens (tertiary/aromatic N) is 1. The van der Waals surface area contributed by atoms with Crippen LogP contribution in [0.4, 0.5) is 5.69 Å². The summed E-state index contributed by atoms with van der Waals surface area (Å²) < 4.78 is 0. The van der Waals surface area contributed by atoms with Crippen LogP contribution in [-0.4, -0.2) is 41.5 Å². The summed E-state index contributed by atoms with van der Waals surface area (Å²) in [7, 11) is 1.75. The third-order valence-electron chi connectivity index (χ3n) is 3.99. The van der Waals surface area contributed by atoms with Crippen LogP contribution in [0.3, 0.4) is 0 Å². The Morgan fingerprint density at radius 1 is 1.08 bits per heavy atom. The molecule has 0 radical (unpaired) electrons. The molecule has 0 aliphatic heterocycles. The molecule has 0 saturated heterocycles. The van der Waals surface area contributed by atoms with Crippen LogP contribution in [0.2, 0.25) is 0 Å². The van der Waals surface area contributed by atoms with Gasteiger partial charge in [0.05, 0.1) is 12.5 Å². The highest BCUT2D eigenvalue weighted by Gasteiger charge is 2.19. The highest BCUT2D eigenvalue weighted by atomic mass is 16.4. The number of likely N-dealkylation sites (N-methyl/N-ethyl adjacent to an activating group) is 1. The Labute approximate surface area is 141 Å².